The van der Waals surface area contributed by atoms with Crippen LogP contribution in [0.25, 0.3) is 0 Å². The van der Waals surface area contributed by atoms with E-state index in [1.165, 1.54) is 17.8 Å². The molecule has 5 heteroatoms. The molecule has 15 heavy (non-hydrogen) atoms. The van der Waals surface area contributed by atoms with Crippen LogP contribution in [0, 0.1) is 5.82 Å². The van der Waals surface area contributed by atoms with Crippen LogP contribution in [0.5, 0.6) is 0 Å². The summed E-state index contributed by atoms with van der Waals surface area (Å²) in [5, 5.41) is 18.0. The van der Waals surface area contributed by atoms with E-state index in [0.717, 1.165) is 0 Å². The summed E-state index contributed by atoms with van der Waals surface area (Å²) in [5.41, 5.74) is 0.439. The molecular weight excluding hydrogens is 239 g/mol. The lowest BCUT2D eigenvalue weighted by Gasteiger charge is -2.08. The van der Waals surface area contributed by atoms with Gasteiger partial charge < -0.3 is 10.2 Å². The number of thioether (sulfide) groups is 1. The molecule has 0 aromatic heterocycles. The molecule has 0 saturated carbocycles. The Morgan fingerprint density at radius 2 is 2.20 bits per heavy atom. The third-order valence-electron chi connectivity index (χ3n) is 1.83. The predicted molar refractivity (Wildman–Crippen MR) is 60.7 cm³/mol. The van der Waals surface area contributed by atoms with Crippen LogP contribution < -0.4 is 0 Å². The summed E-state index contributed by atoms with van der Waals surface area (Å²) < 4.78 is 13.2. The van der Waals surface area contributed by atoms with Crippen LogP contribution in [0.2, 0.25) is 5.02 Å². The van der Waals surface area contributed by atoms with Gasteiger partial charge in [-0.15, -0.1) is 0 Å². The van der Waals surface area contributed by atoms with Crippen molar-refractivity contribution in [3.63, 3.8) is 0 Å². The number of halogens is 2. The highest BCUT2D eigenvalue weighted by Crippen LogP contribution is 2.24. The van der Waals surface area contributed by atoms with Gasteiger partial charge in [0, 0.05) is 22.1 Å². The Morgan fingerprint density at radius 3 is 2.80 bits per heavy atom. The highest BCUT2D eigenvalue weighted by molar-refractivity contribution is 7.98. The molecule has 0 bridgehead atoms. The zero-order valence-corrected chi connectivity index (χ0v) is 9.56. The standard InChI is InChI=1S/C10H12ClFO2S/c11-9-2-1-3-10(12)8(9)6-15-5-7(14)4-13/h1-3,7,13-14H,4-6H2. The second-order valence-electron chi connectivity index (χ2n) is 3.05. The molecule has 0 saturated heterocycles. The summed E-state index contributed by atoms with van der Waals surface area (Å²) in [6.45, 7) is -0.280. The normalized spacial score (nSPS) is 12.8. The Labute approximate surface area is 97.1 Å². The highest BCUT2D eigenvalue weighted by atomic mass is 35.5. The largest absolute Gasteiger partial charge is 0.394 e. The first kappa shape index (κ1) is 12.8. The van der Waals surface area contributed by atoms with Crippen LogP contribution >= 0.6 is 23.4 Å². The molecule has 0 fully saturated rings. The molecule has 2 N–H and O–H groups in total. The van der Waals surface area contributed by atoms with Crippen LogP contribution in [-0.4, -0.2) is 28.7 Å². The summed E-state index contributed by atoms with van der Waals surface area (Å²) in [5.74, 6) is 0.414. The summed E-state index contributed by atoms with van der Waals surface area (Å²) in [4.78, 5) is 0. The second kappa shape index (κ2) is 6.33. The molecule has 1 atom stereocenters. The van der Waals surface area contributed by atoms with E-state index in [4.69, 9.17) is 21.8 Å². The monoisotopic (exact) mass is 250 g/mol. The summed E-state index contributed by atoms with van der Waals surface area (Å²) in [6.07, 6.45) is -0.763. The van der Waals surface area contributed by atoms with Gasteiger partial charge in [-0.25, -0.2) is 4.39 Å². The van der Waals surface area contributed by atoms with Crippen molar-refractivity contribution < 1.29 is 14.6 Å². The molecule has 0 radical (unpaired) electrons. The topological polar surface area (TPSA) is 40.5 Å². The summed E-state index contributed by atoms with van der Waals surface area (Å²) >= 11 is 7.15. The van der Waals surface area contributed by atoms with E-state index in [9.17, 15) is 4.39 Å². The van der Waals surface area contributed by atoms with Crippen molar-refractivity contribution in [2.45, 2.75) is 11.9 Å². The molecule has 0 aliphatic rings. The molecule has 0 aliphatic carbocycles. The molecule has 0 spiro atoms. The number of aliphatic hydroxyl groups excluding tert-OH is 2. The van der Waals surface area contributed by atoms with E-state index >= 15 is 0 Å². The second-order valence-corrected chi connectivity index (χ2v) is 4.49. The van der Waals surface area contributed by atoms with Crippen molar-refractivity contribution in [1.29, 1.82) is 0 Å². The average Bonchev–Trinajstić information content (AvgIpc) is 2.22. The van der Waals surface area contributed by atoms with Gasteiger partial charge >= 0.3 is 0 Å². The Morgan fingerprint density at radius 1 is 1.47 bits per heavy atom. The minimum atomic E-state index is -0.763. The lowest BCUT2D eigenvalue weighted by molar-refractivity contribution is 0.113. The van der Waals surface area contributed by atoms with E-state index in [2.05, 4.69) is 0 Å². The minimum Gasteiger partial charge on any atom is -0.394 e. The van der Waals surface area contributed by atoms with Gasteiger partial charge in [-0.1, -0.05) is 17.7 Å². The van der Waals surface area contributed by atoms with Crippen molar-refractivity contribution in [2.75, 3.05) is 12.4 Å². The zero-order chi connectivity index (χ0) is 11.3. The SMILES string of the molecule is OCC(O)CSCc1c(F)cccc1Cl. The van der Waals surface area contributed by atoms with Gasteiger partial charge in [-0.05, 0) is 12.1 Å². The Balaban J connectivity index is 2.50. The average molecular weight is 251 g/mol. The number of rotatable bonds is 5. The fourth-order valence-corrected chi connectivity index (χ4v) is 2.32. The van der Waals surface area contributed by atoms with E-state index < -0.39 is 6.10 Å². The minimum absolute atomic E-state index is 0.280. The lowest BCUT2D eigenvalue weighted by atomic mass is 10.2. The van der Waals surface area contributed by atoms with Gasteiger partial charge in [-0.2, -0.15) is 11.8 Å². The highest BCUT2D eigenvalue weighted by Gasteiger charge is 2.08. The molecule has 2 nitrogen and oxygen atoms in total. The van der Waals surface area contributed by atoms with Gasteiger partial charge in [0.05, 0.1) is 12.7 Å². The first-order valence-corrected chi connectivity index (χ1v) is 5.98. The number of hydrogen-bond acceptors (Lipinski definition) is 3. The van der Waals surface area contributed by atoms with Gasteiger partial charge in [-0.3, -0.25) is 0 Å². The summed E-state index contributed by atoms with van der Waals surface area (Å²) in [7, 11) is 0. The number of hydrogen-bond donors (Lipinski definition) is 2. The first-order chi connectivity index (χ1) is 7.15. The van der Waals surface area contributed by atoms with Crippen molar-refractivity contribution >= 4 is 23.4 Å². The molecule has 0 heterocycles. The molecule has 0 aliphatic heterocycles. The maximum atomic E-state index is 13.2. The van der Waals surface area contributed by atoms with Crippen LogP contribution in [-0.2, 0) is 5.75 Å². The van der Waals surface area contributed by atoms with Gasteiger partial charge in [0.15, 0.2) is 0 Å². The Kier molecular flexibility index (Phi) is 5.39. The van der Waals surface area contributed by atoms with Gasteiger partial charge in [0.2, 0.25) is 0 Å². The van der Waals surface area contributed by atoms with Gasteiger partial charge in [0.1, 0.15) is 5.82 Å². The molecule has 84 valence electrons. The number of aliphatic hydroxyl groups is 2. The molecule has 0 amide bonds. The van der Waals surface area contributed by atoms with Crippen molar-refractivity contribution in [1.82, 2.24) is 0 Å². The van der Waals surface area contributed by atoms with Crippen LogP contribution in [0.3, 0.4) is 0 Å². The Hall–Kier alpha value is -0.290. The Bertz CT molecular complexity index is 302. The smallest absolute Gasteiger partial charge is 0.128 e. The van der Waals surface area contributed by atoms with E-state index in [1.807, 2.05) is 0 Å². The quantitative estimate of drug-likeness (QED) is 0.841. The summed E-state index contributed by atoms with van der Waals surface area (Å²) in [6, 6.07) is 4.53. The third kappa shape index (κ3) is 3.99. The van der Waals surface area contributed by atoms with E-state index in [-0.39, 0.29) is 12.4 Å². The molecule has 1 aromatic rings. The van der Waals surface area contributed by atoms with E-state index in [1.54, 1.807) is 12.1 Å². The van der Waals surface area contributed by atoms with E-state index in [0.29, 0.717) is 22.1 Å². The van der Waals surface area contributed by atoms with Gasteiger partial charge in [0.25, 0.3) is 0 Å². The van der Waals surface area contributed by atoms with Crippen LogP contribution in [0.15, 0.2) is 18.2 Å². The number of benzene rings is 1. The molecule has 1 unspecified atom stereocenters. The van der Waals surface area contributed by atoms with Crippen molar-refractivity contribution in [3.05, 3.63) is 34.6 Å². The maximum absolute atomic E-state index is 13.2. The molecule has 1 aromatic carbocycles. The predicted octanol–water partition coefficient (Wildman–Crippen LogP) is 2.07. The zero-order valence-electron chi connectivity index (χ0n) is 7.99. The molecule has 1 rings (SSSR count). The first-order valence-electron chi connectivity index (χ1n) is 4.44. The van der Waals surface area contributed by atoms with Crippen molar-refractivity contribution in [3.8, 4) is 0 Å². The van der Waals surface area contributed by atoms with Crippen LogP contribution in [0.1, 0.15) is 5.56 Å². The van der Waals surface area contributed by atoms with Crippen LogP contribution in [0.4, 0.5) is 4.39 Å². The lowest BCUT2D eigenvalue weighted by Crippen LogP contribution is -2.14. The fourth-order valence-electron chi connectivity index (χ4n) is 1.02. The fraction of sp³-hybridized carbons (Fsp3) is 0.400. The maximum Gasteiger partial charge on any atom is 0.128 e. The third-order valence-corrected chi connectivity index (χ3v) is 3.30. The van der Waals surface area contributed by atoms with Crippen molar-refractivity contribution in [2.24, 2.45) is 0 Å². The molecular formula is C10H12ClFO2S.